The number of methoxy groups -OCH3 is 1. The van der Waals surface area contributed by atoms with Crippen molar-refractivity contribution in [2.45, 2.75) is 55.3 Å². The van der Waals surface area contributed by atoms with Crippen LogP contribution in [0.2, 0.25) is 0 Å². The van der Waals surface area contributed by atoms with E-state index in [4.69, 9.17) is 14.2 Å². The molecule has 2 aliphatic rings. The van der Waals surface area contributed by atoms with Crippen LogP contribution in [0, 0.1) is 0 Å². The van der Waals surface area contributed by atoms with E-state index < -0.39 is 45.8 Å². The van der Waals surface area contributed by atoms with E-state index in [9.17, 15) is 28.3 Å². The van der Waals surface area contributed by atoms with Crippen molar-refractivity contribution in [3.63, 3.8) is 0 Å². The second-order valence-corrected chi connectivity index (χ2v) is 11.7. The molecule has 0 radical (unpaired) electrons. The van der Waals surface area contributed by atoms with Crippen LogP contribution in [-0.4, -0.2) is 89.9 Å². The van der Waals surface area contributed by atoms with E-state index in [1.165, 1.54) is 29.6 Å². The molecule has 0 saturated carbocycles. The molecule has 2 bridgehead atoms. The van der Waals surface area contributed by atoms with Crippen LogP contribution < -0.4 is 10.2 Å². The topological polar surface area (TPSA) is 168 Å². The fraction of sp³-hybridized carbons (Fsp3) is 0.480. The number of amides is 2. The van der Waals surface area contributed by atoms with E-state index in [1.807, 2.05) is 0 Å². The summed E-state index contributed by atoms with van der Waals surface area (Å²) in [5.74, 6) is -0.379. The molecule has 2 amide bonds. The molecule has 13 nitrogen and oxygen atoms in total. The summed E-state index contributed by atoms with van der Waals surface area (Å²) in [6.07, 6.45) is 1.26. The smallest absolute Gasteiger partial charge is 0.410 e. The first kappa shape index (κ1) is 28.7. The molecule has 1 aromatic heterocycles. The summed E-state index contributed by atoms with van der Waals surface area (Å²) in [4.78, 5) is 30.7. The van der Waals surface area contributed by atoms with Crippen molar-refractivity contribution in [2.75, 3.05) is 26.9 Å². The number of nitrogens with zero attached hydrogens (tertiary/aromatic N) is 3. The van der Waals surface area contributed by atoms with Crippen LogP contribution in [0.15, 0.2) is 47.5 Å². The minimum Gasteiger partial charge on any atom is -0.447 e. The number of fused-ring (bicyclic) bond motifs is 2. The average Bonchev–Trinajstić information content (AvgIpc) is 3.21. The molecule has 4 rings (SSSR count). The Morgan fingerprint density at radius 1 is 1.13 bits per heavy atom. The molecule has 0 aliphatic carbocycles. The fourth-order valence-corrected chi connectivity index (χ4v) is 6.47. The molecule has 39 heavy (non-hydrogen) atoms. The van der Waals surface area contributed by atoms with Gasteiger partial charge in [-0.15, -0.1) is 0 Å². The van der Waals surface area contributed by atoms with Crippen LogP contribution in [-0.2, 0) is 29.9 Å². The summed E-state index contributed by atoms with van der Waals surface area (Å²) in [6, 6.07) is 6.72. The van der Waals surface area contributed by atoms with Crippen LogP contribution in [0.1, 0.15) is 32.3 Å². The van der Waals surface area contributed by atoms with Gasteiger partial charge in [0.1, 0.15) is 23.3 Å². The van der Waals surface area contributed by atoms with E-state index in [-0.39, 0.29) is 30.5 Å². The van der Waals surface area contributed by atoms with Crippen molar-refractivity contribution in [3.05, 3.63) is 48.2 Å². The number of hydrogen-bond donors (Lipinski definition) is 3. The summed E-state index contributed by atoms with van der Waals surface area (Å²) in [5.41, 5.74) is 1.23. The minimum atomic E-state index is -4.26. The molecule has 3 heterocycles. The van der Waals surface area contributed by atoms with Gasteiger partial charge in [-0.2, -0.15) is 4.31 Å². The largest absolute Gasteiger partial charge is 0.447 e. The van der Waals surface area contributed by atoms with Gasteiger partial charge in [0.2, 0.25) is 15.9 Å². The van der Waals surface area contributed by atoms with E-state index in [0.29, 0.717) is 24.2 Å². The van der Waals surface area contributed by atoms with Crippen molar-refractivity contribution in [3.8, 4) is 11.6 Å². The summed E-state index contributed by atoms with van der Waals surface area (Å²) >= 11 is 0. The van der Waals surface area contributed by atoms with Crippen molar-refractivity contribution in [2.24, 2.45) is 0 Å². The fourth-order valence-electron chi connectivity index (χ4n) is 4.87. The molecule has 3 N–H and O–H groups in total. The lowest BCUT2D eigenvalue weighted by Gasteiger charge is -2.44. The molecule has 0 unspecified atom stereocenters. The lowest BCUT2D eigenvalue weighted by Crippen LogP contribution is -2.66. The first-order chi connectivity index (χ1) is 18.5. The number of rotatable bonds is 9. The van der Waals surface area contributed by atoms with E-state index in [1.54, 1.807) is 38.1 Å². The maximum absolute atomic E-state index is 13.6. The Hall–Kier alpha value is -3.30. The molecule has 0 spiro atoms. The molecule has 2 aromatic rings. The van der Waals surface area contributed by atoms with Crippen LogP contribution in [0.3, 0.4) is 0 Å². The molecule has 2 saturated heterocycles. The van der Waals surface area contributed by atoms with Crippen molar-refractivity contribution in [1.82, 2.24) is 19.7 Å². The van der Waals surface area contributed by atoms with Crippen LogP contribution in [0.5, 0.6) is 11.6 Å². The highest BCUT2D eigenvalue weighted by atomic mass is 32.2. The van der Waals surface area contributed by atoms with Gasteiger partial charge in [0, 0.05) is 25.8 Å². The SMILES string of the molecule is COCCOC(=O)N1[C@@H]2CC[C@H]1[C@H](C(=O)NO)N(S(=O)(=O)c1ccc(Oc3ccc(C(C)(C)O)cc3)nc1)C2. The monoisotopic (exact) mass is 564 g/mol. The van der Waals surface area contributed by atoms with E-state index in [2.05, 4.69) is 4.98 Å². The van der Waals surface area contributed by atoms with Gasteiger partial charge in [-0.3, -0.25) is 14.9 Å². The number of nitrogens with one attached hydrogen (secondary N) is 1. The van der Waals surface area contributed by atoms with Gasteiger partial charge in [0.05, 0.1) is 24.4 Å². The molecular formula is C25H32N4O9S. The molecular weight excluding hydrogens is 532 g/mol. The standard InChI is InChI=1S/C25H32N4O9S/c1-25(2,32)16-4-7-18(8-5-16)38-21-11-9-19(14-26-21)39(34,35)28-15-17-6-10-20(22(28)23(30)27-33)29(17)24(31)37-13-12-36-3/h4-5,7-9,11,14,17,20,22,32-33H,6,10,12-13,15H2,1-3H3,(H,27,30)/t17-,20+,22-/m1/s1. The normalized spacial score (nSPS) is 21.5. The van der Waals surface area contributed by atoms with Crippen molar-refractivity contribution >= 4 is 22.0 Å². The zero-order valence-corrected chi connectivity index (χ0v) is 22.6. The molecule has 212 valence electrons. The number of carbonyl (C=O) groups is 2. The van der Waals surface area contributed by atoms with Gasteiger partial charge in [-0.1, -0.05) is 12.1 Å². The zero-order chi connectivity index (χ0) is 28.4. The number of carbonyl (C=O) groups excluding carboxylic acids is 2. The van der Waals surface area contributed by atoms with E-state index >= 15 is 0 Å². The van der Waals surface area contributed by atoms with Gasteiger partial charge >= 0.3 is 6.09 Å². The lowest BCUT2D eigenvalue weighted by atomic mass is 9.99. The number of piperazine rings is 1. The number of aromatic nitrogens is 1. The third-order valence-corrected chi connectivity index (χ3v) is 8.64. The van der Waals surface area contributed by atoms with Gasteiger partial charge < -0.3 is 19.3 Å². The van der Waals surface area contributed by atoms with Crippen LogP contribution in [0.4, 0.5) is 4.79 Å². The summed E-state index contributed by atoms with van der Waals surface area (Å²) in [7, 11) is -2.79. The zero-order valence-electron chi connectivity index (χ0n) is 21.8. The predicted octanol–water partition coefficient (Wildman–Crippen LogP) is 1.60. The Kier molecular flexibility index (Phi) is 8.42. The maximum Gasteiger partial charge on any atom is 0.410 e. The van der Waals surface area contributed by atoms with Gasteiger partial charge in [0.15, 0.2) is 0 Å². The van der Waals surface area contributed by atoms with Gasteiger partial charge in [-0.05, 0) is 50.5 Å². The number of pyridine rings is 1. The number of hydroxylamine groups is 1. The van der Waals surface area contributed by atoms with Gasteiger partial charge in [0.25, 0.3) is 5.91 Å². The quantitative estimate of drug-likeness (QED) is 0.231. The van der Waals surface area contributed by atoms with Crippen LogP contribution in [0.25, 0.3) is 0 Å². The molecule has 2 fully saturated rings. The molecule has 2 aliphatic heterocycles. The Balaban J connectivity index is 1.53. The summed E-state index contributed by atoms with van der Waals surface area (Å²) < 4.78 is 44.1. The number of ether oxygens (including phenoxy) is 3. The average molecular weight is 565 g/mol. The van der Waals surface area contributed by atoms with Gasteiger partial charge in [-0.25, -0.2) is 23.7 Å². The van der Waals surface area contributed by atoms with Crippen molar-refractivity contribution < 1.29 is 42.5 Å². The highest BCUT2D eigenvalue weighted by Gasteiger charge is 2.55. The lowest BCUT2D eigenvalue weighted by molar-refractivity contribution is -0.136. The molecule has 3 atom stereocenters. The second-order valence-electron chi connectivity index (χ2n) is 9.83. The Bertz CT molecular complexity index is 1280. The van der Waals surface area contributed by atoms with Crippen LogP contribution >= 0.6 is 0 Å². The molecule has 14 heteroatoms. The Morgan fingerprint density at radius 2 is 1.85 bits per heavy atom. The first-order valence-corrected chi connectivity index (χ1v) is 13.8. The minimum absolute atomic E-state index is 0.00774. The molecule has 1 aromatic carbocycles. The highest BCUT2D eigenvalue weighted by Crippen LogP contribution is 2.38. The predicted molar refractivity (Wildman–Crippen MR) is 135 cm³/mol. The third-order valence-electron chi connectivity index (χ3n) is 6.81. The summed E-state index contributed by atoms with van der Waals surface area (Å²) in [6.45, 7) is 3.36. The maximum atomic E-state index is 13.6. The van der Waals surface area contributed by atoms with E-state index in [0.717, 1.165) is 10.5 Å². The Morgan fingerprint density at radius 3 is 2.44 bits per heavy atom. The number of sulfonamides is 1. The third kappa shape index (κ3) is 5.99. The number of benzene rings is 1. The number of hydrogen-bond acceptors (Lipinski definition) is 10. The highest BCUT2D eigenvalue weighted by molar-refractivity contribution is 7.89. The number of aliphatic hydroxyl groups is 1. The summed E-state index contributed by atoms with van der Waals surface area (Å²) in [5, 5.41) is 19.5. The first-order valence-electron chi connectivity index (χ1n) is 12.3. The van der Waals surface area contributed by atoms with Crippen molar-refractivity contribution in [1.29, 1.82) is 0 Å². The Labute approximate surface area is 226 Å². The second kappa shape index (κ2) is 11.4.